The van der Waals surface area contributed by atoms with Crippen LogP contribution in [0, 0.1) is 0 Å². The standard InChI is InChI=1S/C29H34N4O4S/c1-29(2,3)37-28(36)33-20(10-12-22(33)26(34)19-7-5-4-6-8-19)15-18-9-14-24(30-16-18)32-27(35)21-11-13-23-25(21)31-17-38-23/h4-9,14,16-17,20-22,26,34H,10-13,15H2,1-3H3,(H,30,32,35)/t20-,21+,22+,26+/m0/s1. The van der Waals surface area contributed by atoms with Crippen LogP contribution >= 0.6 is 11.3 Å². The molecule has 2 aromatic heterocycles. The van der Waals surface area contributed by atoms with Gasteiger partial charge in [-0.05, 0) is 70.1 Å². The van der Waals surface area contributed by atoms with Gasteiger partial charge in [0.05, 0.1) is 29.3 Å². The lowest BCUT2D eigenvalue weighted by Gasteiger charge is -2.34. The maximum Gasteiger partial charge on any atom is 0.410 e. The zero-order valence-electron chi connectivity index (χ0n) is 22.0. The van der Waals surface area contributed by atoms with Gasteiger partial charge in [-0.2, -0.15) is 0 Å². The van der Waals surface area contributed by atoms with Crippen molar-refractivity contribution in [1.29, 1.82) is 0 Å². The number of ether oxygens (including phenoxy) is 1. The molecule has 8 nitrogen and oxygen atoms in total. The third kappa shape index (κ3) is 5.73. The van der Waals surface area contributed by atoms with E-state index in [-0.39, 0.29) is 23.9 Å². The summed E-state index contributed by atoms with van der Waals surface area (Å²) in [7, 11) is 0. The van der Waals surface area contributed by atoms with Gasteiger partial charge in [-0.15, -0.1) is 11.3 Å². The molecule has 1 aromatic carbocycles. The van der Waals surface area contributed by atoms with Crippen LogP contribution in [0.15, 0.2) is 54.2 Å². The second kappa shape index (κ2) is 10.8. The Balaban J connectivity index is 1.28. The number of amides is 2. The summed E-state index contributed by atoms with van der Waals surface area (Å²) in [5.74, 6) is 0.182. The lowest BCUT2D eigenvalue weighted by atomic mass is 10.0. The number of aliphatic hydroxyl groups is 1. The van der Waals surface area contributed by atoms with E-state index in [4.69, 9.17) is 4.74 Å². The molecule has 0 unspecified atom stereocenters. The average Bonchev–Trinajstić information content (AvgIpc) is 3.60. The first-order valence-corrected chi connectivity index (χ1v) is 14.0. The quantitative estimate of drug-likeness (QED) is 0.448. The van der Waals surface area contributed by atoms with E-state index in [1.807, 2.05) is 57.2 Å². The monoisotopic (exact) mass is 534 g/mol. The van der Waals surface area contributed by atoms with Crippen molar-refractivity contribution in [2.75, 3.05) is 5.32 Å². The van der Waals surface area contributed by atoms with Crippen molar-refractivity contribution in [3.05, 3.63) is 75.9 Å². The van der Waals surface area contributed by atoms with Crippen molar-refractivity contribution < 1.29 is 19.4 Å². The maximum absolute atomic E-state index is 13.3. The Labute approximate surface area is 227 Å². The van der Waals surface area contributed by atoms with E-state index in [9.17, 15) is 14.7 Å². The lowest BCUT2D eigenvalue weighted by molar-refractivity contribution is -0.117. The molecule has 38 heavy (non-hydrogen) atoms. The van der Waals surface area contributed by atoms with Crippen LogP contribution in [0.4, 0.5) is 10.6 Å². The molecule has 2 N–H and O–H groups in total. The van der Waals surface area contributed by atoms with E-state index < -0.39 is 17.8 Å². The summed E-state index contributed by atoms with van der Waals surface area (Å²) < 4.78 is 5.75. The third-order valence-electron chi connectivity index (χ3n) is 7.18. The van der Waals surface area contributed by atoms with E-state index in [2.05, 4.69) is 15.3 Å². The first-order chi connectivity index (χ1) is 18.2. The molecular weight excluding hydrogens is 500 g/mol. The fourth-order valence-corrected chi connectivity index (χ4v) is 6.26. The minimum absolute atomic E-state index is 0.0838. The number of anilines is 1. The predicted octanol–water partition coefficient (Wildman–Crippen LogP) is 5.25. The molecule has 9 heteroatoms. The van der Waals surface area contributed by atoms with Crippen LogP contribution in [0.3, 0.4) is 0 Å². The van der Waals surface area contributed by atoms with Crippen LogP contribution in [-0.4, -0.2) is 49.7 Å². The number of fused-ring (bicyclic) bond motifs is 1. The number of rotatable bonds is 6. The first-order valence-electron chi connectivity index (χ1n) is 13.1. The maximum atomic E-state index is 13.3. The number of hydrogen-bond donors (Lipinski definition) is 2. The highest BCUT2D eigenvalue weighted by atomic mass is 32.1. The topological polar surface area (TPSA) is 105 Å². The third-order valence-corrected chi connectivity index (χ3v) is 8.09. The van der Waals surface area contributed by atoms with Gasteiger partial charge in [0.2, 0.25) is 5.91 Å². The number of pyridine rings is 1. The summed E-state index contributed by atoms with van der Waals surface area (Å²) in [5, 5.41) is 14.1. The Morgan fingerprint density at radius 1 is 1.13 bits per heavy atom. The summed E-state index contributed by atoms with van der Waals surface area (Å²) >= 11 is 1.60. The molecule has 0 saturated carbocycles. The van der Waals surface area contributed by atoms with Gasteiger partial charge < -0.3 is 15.2 Å². The SMILES string of the molecule is CC(C)(C)OC(=O)N1[C@H](Cc2ccc(NC(=O)[C@@H]3CCc4scnc43)nc2)CC[C@@H]1[C@H](O)c1ccccc1. The zero-order chi connectivity index (χ0) is 26.9. The predicted molar refractivity (Wildman–Crippen MR) is 146 cm³/mol. The number of carbonyl (C=O) groups excluding carboxylic acids is 2. The van der Waals surface area contributed by atoms with Gasteiger partial charge in [0, 0.05) is 17.1 Å². The first kappa shape index (κ1) is 26.3. The van der Waals surface area contributed by atoms with Crippen molar-refractivity contribution in [1.82, 2.24) is 14.9 Å². The molecule has 3 heterocycles. The molecule has 1 saturated heterocycles. The Morgan fingerprint density at radius 3 is 2.63 bits per heavy atom. The number of carbonyl (C=O) groups is 2. The summed E-state index contributed by atoms with van der Waals surface area (Å²) in [6, 6.07) is 12.6. The van der Waals surface area contributed by atoms with Gasteiger partial charge in [-0.25, -0.2) is 14.8 Å². The fourth-order valence-electron chi connectivity index (χ4n) is 5.42. The number of thiazole rings is 1. The molecule has 200 valence electrons. The van der Waals surface area contributed by atoms with E-state index in [1.165, 1.54) is 4.88 Å². The highest BCUT2D eigenvalue weighted by Gasteiger charge is 2.43. The van der Waals surface area contributed by atoms with Crippen LogP contribution < -0.4 is 5.32 Å². The van der Waals surface area contributed by atoms with Crippen molar-refractivity contribution in [2.24, 2.45) is 0 Å². The highest BCUT2D eigenvalue weighted by Crippen LogP contribution is 2.37. The van der Waals surface area contributed by atoms with Gasteiger partial charge in [0.25, 0.3) is 0 Å². The van der Waals surface area contributed by atoms with Crippen LogP contribution in [0.5, 0.6) is 0 Å². The van der Waals surface area contributed by atoms with E-state index in [0.29, 0.717) is 18.7 Å². The van der Waals surface area contributed by atoms with Gasteiger partial charge in [0.1, 0.15) is 11.4 Å². The van der Waals surface area contributed by atoms with E-state index >= 15 is 0 Å². The van der Waals surface area contributed by atoms with Crippen LogP contribution in [0.2, 0.25) is 0 Å². The number of aryl methyl sites for hydroxylation is 1. The van der Waals surface area contributed by atoms with Crippen molar-refractivity contribution in [3.8, 4) is 0 Å². The number of nitrogens with one attached hydrogen (secondary N) is 1. The van der Waals surface area contributed by atoms with Crippen molar-refractivity contribution >= 4 is 29.2 Å². The molecule has 1 aliphatic carbocycles. The lowest BCUT2D eigenvalue weighted by Crippen LogP contribution is -2.47. The van der Waals surface area contributed by atoms with Gasteiger partial charge in [-0.3, -0.25) is 9.69 Å². The van der Waals surface area contributed by atoms with Gasteiger partial charge in [-0.1, -0.05) is 36.4 Å². The van der Waals surface area contributed by atoms with Crippen LogP contribution in [-0.2, 0) is 22.4 Å². The molecule has 0 bridgehead atoms. The average molecular weight is 535 g/mol. The molecule has 1 aliphatic heterocycles. The molecule has 2 aliphatic rings. The smallest absolute Gasteiger partial charge is 0.410 e. The van der Waals surface area contributed by atoms with Gasteiger partial charge in [0.15, 0.2) is 0 Å². The Hall–Kier alpha value is -3.30. The summed E-state index contributed by atoms with van der Waals surface area (Å²) in [5.41, 5.74) is 3.76. The summed E-state index contributed by atoms with van der Waals surface area (Å²) in [4.78, 5) is 37.9. The number of nitrogens with zero attached hydrogens (tertiary/aromatic N) is 3. The molecule has 4 atom stereocenters. The molecule has 0 radical (unpaired) electrons. The van der Waals surface area contributed by atoms with Crippen molar-refractivity contribution in [2.45, 2.75) is 82.6 Å². The second-order valence-electron chi connectivity index (χ2n) is 11.0. The highest BCUT2D eigenvalue weighted by molar-refractivity contribution is 7.09. The summed E-state index contributed by atoms with van der Waals surface area (Å²) in [6.45, 7) is 5.53. The largest absolute Gasteiger partial charge is 0.444 e. The molecule has 5 rings (SSSR count). The zero-order valence-corrected chi connectivity index (χ0v) is 22.8. The van der Waals surface area contributed by atoms with Crippen LogP contribution in [0.25, 0.3) is 0 Å². The minimum atomic E-state index is -0.807. The molecule has 2 amide bonds. The molecule has 1 fully saturated rings. The molecular formula is C29H34N4O4S. The number of aliphatic hydroxyl groups excluding tert-OH is 1. The Kier molecular flexibility index (Phi) is 7.49. The van der Waals surface area contributed by atoms with Crippen molar-refractivity contribution in [3.63, 3.8) is 0 Å². The second-order valence-corrected chi connectivity index (χ2v) is 12.0. The number of benzene rings is 1. The molecule has 0 spiro atoms. The van der Waals surface area contributed by atoms with Gasteiger partial charge >= 0.3 is 6.09 Å². The fraction of sp³-hybridized carbons (Fsp3) is 0.448. The number of aromatic nitrogens is 2. The number of likely N-dealkylation sites (tertiary alicyclic amines) is 1. The van der Waals surface area contributed by atoms with E-state index in [0.717, 1.165) is 36.1 Å². The summed E-state index contributed by atoms with van der Waals surface area (Å²) in [6.07, 6.45) is 4.16. The van der Waals surface area contributed by atoms with Crippen LogP contribution in [0.1, 0.15) is 73.8 Å². The number of hydrogen-bond acceptors (Lipinski definition) is 7. The Bertz CT molecular complexity index is 1270. The molecule has 3 aromatic rings. The normalized spacial score (nSPS) is 21.7. The minimum Gasteiger partial charge on any atom is -0.444 e. The van der Waals surface area contributed by atoms with E-state index in [1.54, 1.807) is 34.0 Å². The Morgan fingerprint density at radius 2 is 1.92 bits per heavy atom.